The van der Waals surface area contributed by atoms with Gasteiger partial charge in [-0.2, -0.15) is 0 Å². The van der Waals surface area contributed by atoms with Crippen molar-refractivity contribution in [2.24, 2.45) is 0 Å². The summed E-state index contributed by atoms with van der Waals surface area (Å²) in [5, 5.41) is 5.30. The lowest BCUT2D eigenvalue weighted by Crippen LogP contribution is -2.12. The predicted molar refractivity (Wildman–Crippen MR) is 103 cm³/mol. The van der Waals surface area contributed by atoms with Gasteiger partial charge in [-0.05, 0) is 68.0 Å². The van der Waals surface area contributed by atoms with Gasteiger partial charge in [0.2, 0.25) is 0 Å². The van der Waals surface area contributed by atoms with E-state index in [0.29, 0.717) is 5.02 Å². The summed E-state index contributed by atoms with van der Waals surface area (Å²) in [6.07, 6.45) is 2.85. The maximum Gasteiger partial charge on any atom is 0.0737 e. The van der Waals surface area contributed by atoms with Crippen molar-refractivity contribution in [2.75, 3.05) is 19.4 Å². The van der Waals surface area contributed by atoms with Gasteiger partial charge in [0.05, 0.1) is 5.52 Å². The third-order valence-electron chi connectivity index (χ3n) is 4.06. The van der Waals surface area contributed by atoms with E-state index in [1.165, 1.54) is 11.1 Å². The Labute approximate surface area is 148 Å². The molecular weight excluding hydrogens is 318 g/mol. The Morgan fingerprint density at radius 2 is 1.88 bits per heavy atom. The molecule has 124 valence electrons. The number of halogens is 1. The molecule has 0 unspecified atom stereocenters. The molecular formula is C20H22ClN3. The van der Waals surface area contributed by atoms with Crippen LogP contribution in [0.3, 0.4) is 0 Å². The Morgan fingerprint density at radius 1 is 1.04 bits per heavy atom. The quantitative estimate of drug-likeness (QED) is 0.687. The number of aromatic nitrogens is 1. The molecule has 3 nitrogen and oxygen atoms in total. The van der Waals surface area contributed by atoms with Crippen molar-refractivity contribution in [3.05, 3.63) is 64.8 Å². The van der Waals surface area contributed by atoms with Gasteiger partial charge in [0.15, 0.2) is 0 Å². The summed E-state index contributed by atoms with van der Waals surface area (Å²) in [5.74, 6) is 0. The number of hydrogen-bond donors (Lipinski definition) is 1. The van der Waals surface area contributed by atoms with E-state index in [2.05, 4.69) is 54.4 Å². The van der Waals surface area contributed by atoms with Gasteiger partial charge < -0.3 is 10.2 Å². The minimum absolute atomic E-state index is 0.702. The van der Waals surface area contributed by atoms with Crippen LogP contribution >= 0.6 is 11.6 Å². The highest BCUT2D eigenvalue weighted by atomic mass is 35.5. The zero-order chi connectivity index (χ0) is 17.1. The fraction of sp³-hybridized carbons (Fsp3) is 0.250. The van der Waals surface area contributed by atoms with Crippen LogP contribution in [-0.2, 0) is 13.0 Å². The maximum absolute atomic E-state index is 6.07. The van der Waals surface area contributed by atoms with Crippen LogP contribution in [0.4, 0.5) is 11.4 Å². The van der Waals surface area contributed by atoms with Crippen LogP contribution in [0.5, 0.6) is 0 Å². The van der Waals surface area contributed by atoms with E-state index in [-0.39, 0.29) is 0 Å². The summed E-state index contributed by atoms with van der Waals surface area (Å²) in [6.45, 7) is 3.13. The second-order valence-corrected chi connectivity index (χ2v) is 6.66. The van der Waals surface area contributed by atoms with Crippen LogP contribution in [0.25, 0.3) is 10.9 Å². The number of nitrogens with one attached hydrogen (secondary N) is 1. The van der Waals surface area contributed by atoms with Gasteiger partial charge in [-0.1, -0.05) is 24.6 Å². The molecule has 0 atom stereocenters. The highest BCUT2D eigenvalue weighted by Crippen LogP contribution is 2.28. The second-order valence-electron chi connectivity index (χ2n) is 6.22. The lowest BCUT2D eigenvalue weighted by molar-refractivity contribution is 0.401. The monoisotopic (exact) mass is 339 g/mol. The van der Waals surface area contributed by atoms with E-state index in [0.717, 1.165) is 35.2 Å². The number of rotatable bonds is 5. The zero-order valence-corrected chi connectivity index (χ0v) is 15.1. The van der Waals surface area contributed by atoms with Gasteiger partial charge >= 0.3 is 0 Å². The number of pyridine rings is 1. The fourth-order valence-electron chi connectivity index (χ4n) is 2.92. The molecule has 0 aliphatic rings. The normalized spacial score (nSPS) is 11.2. The first-order valence-electron chi connectivity index (χ1n) is 8.14. The van der Waals surface area contributed by atoms with Gasteiger partial charge in [-0.15, -0.1) is 0 Å². The number of hydrogen-bond acceptors (Lipinski definition) is 3. The van der Waals surface area contributed by atoms with Crippen molar-refractivity contribution in [2.45, 2.75) is 19.9 Å². The number of benzene rings is 2. The minimum atomic E-state index is 0.702. The van der Waals surface area contributed by atoms with Crippen LogP contribution in [0.1, 0.15) is 18.1 Å². The molecule has 0 amide bonds. The molecule has 1 heterocycles. The van der Waals surface area contributed by atoms with Gasteiger partial charge in [-0.3, -0.25) is 4.98 Å². The van der Waals surface area contributed by atoms with Crippen LogP contribution < -0.4 is 5.32 Å². The first-order chi connectivity index (χ1) is 11.6. The molecule has 4 heteroatoms. The Bertz CT molecular complexity index is 859. The van der Waals surface area contributed by atoms with Gasteiger partial charge in [-0.25, -0.2) is 0 Å². The molecule has 0 spiro atoms. The topological polar surface area (TPSA) is 28.2 Å². The summed E-state index contributed by atoms with van der Waals surface area (Å²) < 4.78 is 0. The van der Waals surface area contributed by atoms with E-state index in [9.17, 15) is 0 Å². The highest BCUT2D eigenvalue weighted by molar-refractivity contribution is 6.31. The van der Waals surface area contributed by atoms with Crippen LogP contribution in [0.15, 0.2) is 48.7 Å². The van der Waals surface area contributed by atoms with E-state index in [1.54, 1.807) is 0 Å². The molecule has 0 bridgehead atoms. The first-order valence-corrected chi connectivity index (χ1v) is 8.52. The maximum atomic E-state index is 6.07. The molecule has 0 saturated carbocycles. The summed E-state index contributed by atoms with van der Waals surface area (Å²) >= 11 is 6.07. The molecule has 24 heavy (non-hydrogen) atoms. The van der Waals surface area contributed by atoms with Gasteiger partial charge in [0, 0.05) is 34.5 Å². The van der Waals surface area contributed by atoms with Crippen molar-refractivity contribution in [1.82, 2.24) is 9.88 Å². The van der Waals surface area contributed by atoms with Crippen molar-refractivity contribution in [3.8, 4) is 0 Å². The number of anilines is 2. The summed E-state index contributed by atoms with van der Waals surface area (Å²) in [7, 11) is 4.19. The van der Waals surface area contributed by atoms with Crippen molar-refractivity contribution >= 4 is 33.9 Å². The van der Waals surface area contributed by atoms with Crippen molar-refractivity contribution in [1.29, 1.82) is 0 Å². The summed E-state index contributed by atoms with van der Waals surface area (Å²) in [5.41, 5.74) is 5.77. The van der Waals surface area contributed by atoms with Gasteiger partial charge in [0.25, 0.3) is 0 Å². The van der Waals surface area contributed by atoms with E-state index in [4.69, 9.17) is 11.6 Å². The Kier molecular flexibility index (Phi) is 5.03. The molecule has 3 aromatic rings. The molecule has 0 fully saturated rings. The lowest BCUT2D eigenvalue weighted by Gasteiger charge is -2.16. The van der Waals surface area contributed by atoms with Crippen molar-refractivity contribution in [3.63, 3.8) is 0 Å². The van der Waals surface area contributed by atoms with Crippen molar-refractivity contribution < 1.29 is 0 Å². The molecule has 3 rings (SSSR count). The number of fused-ring (bicyclic) bond motifs is 1. The van der Waals surface area contributed by atoms with E-state index < -0.39 is 0 Å². The average Bonchev–Trinajstić information content (AvgIpc) is 2.54. The Hall–Kier alpha value is -2.10. The average molecular weight is 340 g/mol. The zero-order valence-electron chi connectivity index (χ0n) is 14.3. The summed E-state index contributed by atoms with van der Waals surface area (Å²) in [6, 6.07) is 14.4. The third-order valence-corrected chi connectivity index (χ3v) is 4.29. The van der Waals surface area contributed by atoms with Crippen LogP contribution in [0, 0.1) is 0 Å². The first kappa shape index (κ1) is 16.7. The smallest absolute Gasteiger partial charge is 0.0737 e. The largest absolute Gasteiger partial charge is 0.355 e. The molecule has 0 saturated heterocycles. The molecule has 1 aromatic heterocycles. The minimum Gasteiger partial charge on any atom is -0.355 e. The lowest BCUT2D eigenvalue weighted by atomic mass is 10.0. The third kappa shape index (κ3) is 3.69. The molecule has 0 aliphatic heterocycles. The van der Waals surface area contributed by atoms with Crippen LogP contribution in [-0.4, -0.2) is 24.0 Å². The fourth-order valence-corrected chi connectivity index (χ4v) is 3.09. The van der Waals surface area contributed by atoms with E-state index >= 15 is 0 Å². The summed E-state index contributed by atoms with van der Waals surface area (Å²) in [4.78, 5) is 6.59. The molecule has 0 radical (unpaired) electrons. The Balaban J connectivity index is 1.96. The molecule has 2 aromatic carbocycles. The molecule has 0 aliphatic carbocycles. The van der Waals surface area contributed by atoms with Gasteiger partial charge in [0.1, 0.15) is 0 Å². The predicted octanol–water partition coefficient (Wildman–Crippen LogP) is 5.26. The Morgan fingerprint density at radius 3 is 2.62 bits per heavy atom. The number of aryl methyl sites for hydroxylation is 1. The SMILES string of the molecule is CCc1ccc(Nc2ccnc3cc(Cl)ccc23)cc1CN(C)C. The standard InChI is InChI=1S/C20H22ClN3/c1-4-14-5-7-17(11-15(14)13-24(2)3)23-19-9-10-22-20-12-16(21)6-8-18(19)20/h5-12H,4,13H2,1-3H3,(H,22,23). The number of nitrogens with zero attached hydrogens (tertiary/aromatic N) is 2. The molecule has 1 N–H and O–H groups in total. The second kappa shape index (κ2) is 7.20. The van der Waals surface area contributed by atoms with E-state index in [1.807, 2.05) is 30.5 Å². The highest BCUT2D eigenvalue weighted by Gasteiger charge is 2.07. The van der Waals surface area contributed by atoms with Crippen LogP contribution in [0.2, 0.25) is 5.02 Å².